The van der Waals surface area contributed by atoms with E-state index in [2.05, 4.69) is 22.9 Å². The Morgan fingerprint density at radius 3 is 3.07 bits per heavy atom. The second kappa shape index (κ2) is 2.93. The van der Waals surface area contributed by atoms with Gasteiger partial charge in [-0.25, -0.2) is 0 Å². The molecule has 0 amide bonds. The lowest BCUT2D eigenvalue weighted by Crippen LogP contribution is -2.58. The van der Waals surface area contributed by atoms with E-state index in [4.69, 9.17) is 9.47 Å². The predicted octanol–water partition coefficient (Wildman–Crippen LogP) is 1.72. The number of methoxy groups -OCH3 is 1. The molecule has 1 saturated carbocycles. The quantitative estimate of drug-likeness (QED) is 0.729. The molecule has 0 aromatic rings. The third-order valence-corrected chi connectivity index (χ3v) is 4.91. The Morgan fingerprint density at radius 2 is 2.40 bits per heavy atom. The molecule has 3 nitrogen and oxygen atoms in total. The van der Waals surface area contributed by atoms with E-state index < -0.39 is 5.79 Å². The molecular weight excluding hydrogens is 260 g/mol. The van der Waals surface area contributed by atoms with Crippen molar-refractivity contribution in [2.45, 2.75) is 12.7 Å². The molecule has 1 saturated heterocycles. The number of hydrogen-bond acceptors (Lipinski definition) is 3. The molecular formula is C11H13BrO3. The van der Waals surface area contributed by atoms with Crippen molar-refractivity contribution in [2.24, 2.45) is 23.7 Å². The lowest BCUT2D eigenvalue weighted by Gasteiger charge is -2.46. The summed E-state index contributed by atoms with van der Waals surface area (Å²) in [5.74, 6) is -0.0945. The van der Waals surface area contributed by atoms with E-state index in [1.165, 1.54) is 0 Å². The van der Waals surface area contributed by atoms with Crippen LogP contribution in [0.15, 0.2) is 10.6 Å². The standard InChI is InChI=1S/C11H13BrO3/c1-5-6-3-8(12)9-7(5)4-15-11(9,14-2)10(6)13/h3,5-7,9H,4H2,1-2H3/t5-,6+,7+,9+,11+/m0/s1. The fourth-order valence-electron chi connectivity index (χ4n) is 3.28. The van der Waals surface area contributed by atoms with E-state index in [0.717, 1.165) is 4.48 Å². The molecule has 0 aromatic carbocycles. The highest BCUT2D eigenvalue weighted by Gasteiger charge is 2.66. The van der Waals surface area contributed by atoms with E-state index in [-0.39, 0.29) is 17.6 Å². The van der Waals surface area contributed by atoms with Crippen molar-refractivity contribution in [3.05, 3.63) is 10.6 Å². The number of carbonyl (C=O) groups excluding carboxylic acids is 1. The van der Waals surface area contributed by atoms with Crippen LogP contribution in [0.4, 0.5) is 0 Å². The summed E-state index contributed by atoms with van der Waals surface area (Å²) in [6.07, 6.45) is 2.03. The number of ether oxygens (including phenoxy) is 2. The van der Waals surface area contributed by atoms with Crippen LogP contribution in [0.2, 0.25) is 0 Å². The maximum atomic E-state index is 12.2. The fourth-order valence-corrected chi connectivity index (χ4v) is 4.21. The number of Topliss-reactive ketones (excluding diaryl/α,β-unsaturated/α-hetero) is 1. The zero-order valence-electron chi connectivity index (χ0n) is 8.70. The van der Waals surface area contributed by atoms with Crippen LogP contribution in [0.5, 0.6) is 0 Å². The van der Waals surface area contributed by atoms with Gasteiger partial charge in [-0.1, -0.05) is 28.9 Å². The van der Waals surface area contributed by atoms with Gasteiger partial charge in [0, 0.05) is 17.5 Å². The first-order chi connectivity index (χ1) is 7.12. The summed E-state index contributed by atoms with van der Waals surface area (Å²) < 4.78 is 12.1. The molecule has 1 aliphatic heterocycles. The first-order valence-electron chi connectivity index (χ1n) is 5.22. The van der Waals surface area contributed by atoms with Gasteiger partial charge in [0.2, 0.25) is 5.79 Å². The number of rotatable bonds is 1. The van der Waals surface area contributed by atoms with Crippen molar-refractivity contribution < 1.29 is 14.3 Å². The molecule has 5 atom stereocenters. The van der Waals surface area contributed by atoms with Crippen LogP contribution in [-0.4, -0.2) is 25.3 Å². The van der Waals surface area contributed by atoms with Gasteiger partial charge in [0.15, 0.2) is 5.78 Å². The summed E-state index contributed by atoms with van der Waals surface area (Å²) in [6.45, 7) is 2.76. The summed E-state index contributed by atoms with van der Waals surface area (Å²) in [6, 6.07) is 0. The molecule has 1 heterocycles. The highest BCUT2D eigenvalue weighted by Crippen LogP contribution is 2.58. The SMILES string of the molecule is CO[C@@]12OC[C@@H]3[C@@H](C)[C@@H](C=C(Br)[C@@H]31)C2=O. The Kier molecular flexibility index (Phi) is 1.95. The maximum Gasteiger partial charge on any atom is 0.237 e. The Morgan fingerprint density at radius 1 is 1.67 bits per heavy atom. The van der Waals surface area contributed by atoms with E-state index in [0.29, 0.717) is 18.4 Å². The fraction of sp³-hybridized carbons (Fsp3) is 0.727. The molecule has 0 N–H and O–H groups in total. The smallest absolute Gasteiger partial charge is 0.237 e. The molecule has 3 aliphatic carbocycles. The minimum absolute atomic E-state index is 0.0446. The van der Waals surface area contributed by atoms with Gasteiger partial charge in [-0.3, -0.25) is 4.79 Å². The van der Waals surface area contributed by atoms with Gasteiger partial charge in [-0.2, -0.15) is 0 Å². The van der Waals surface area contributed by atoms with Crippen LogP contribution in [0.3, 0.4) is 0 Å². The Hall–Kier alpha value is -0.190. The molecule has 4 rings (SSSR count). The van der Waals surface area contributed by atoms with Gasteiger partial charge in [0.1, 0.15) is 0 Å². The normalized spacial score (nSPS) is 52.2. The summed E-state index contributed by atoms with van der Waals surface area (Å²) in [7, 11) is 1.56. The van der Waals surface area contributed by atoms with Crippen molar-refractivity contribution in [1.82, 2.24) is 0 Å². The van der Waals surface area contributed by atoms with Crippen LogP contribution < -0.4 is 0 Å². The maximum absolute atomic E-state index is 12.2. The molecule has 4 heteroatoms. The molecule has 0 radical (unpaired) electrons. The topological polar surface area (TPSA) is 35.5 Å². The van der Waals surface area contributed by atoms with Gasteiger partial charge in [-0.15, -0.1) is 0 Å². The average molecular weight is 273 g/mol. The Bertz CT molecular complexity index is 365. The van der Waals surface area contributed by atoms with Crippen LogP contribution in [0.25, 0.3) is 0 Å². The van der Waals surface area contributed by atoms with Crippen molar-refractivity contribution >= 4 is 21.7 Å². The Balaban J connectivity index is 2.18. The van der Waals surface area contributed by atoms with Crippen molar-refractivity contribution in [3.8, 4) is 0 Å². The zero-order valence-corrected chi connectivity index (χ0v) is 10.3. The molecule has 2 fully saturated rings. The van der Waals surface area contributed by atoms with Crippen LogP contribution in [0.1, 0.15) is 6.92 Å². The largest absolute Gasteiger partial charge is 0.346 e. The van der Waals surface area contributed by atoms with Crippen molar-refractivity contribution in [3.63, 3.8) is 0 Å². The van der Waals surface area contributed by atoms with Crippen LogP contribution in [0, 0.1) is 23.7 Å². The first kappa shape index (κ1) is 10.00. The number of ketones is 1. The summed E-state index contributed by atoms with van der Waals surface area (Å²) in [5, 5.41) is 0. The highest BCUT2D eigenvalue weighted by atomic mass is 79.9. The van der Waals surface area contributed by atoms with Gasteiger partial charge in [0.25, 0.3) is 0 Å². The molecule has 0 unspecified atom stereocenters. The number of carbonyl (C=O) groups is 1. The summed E-state index contributed by atoms with van der Waals surface area (Å²) in [4.78, 5) is 12.2. The lowest BCUT2D eigenvalue weighted by molar-refractivity contribution is -0.217. The van der Waals surface area contributed by atoms with E-state index in [1.54, 1.807) is 7.11 Å². The molecule has 4 bridgehead atoms. The minimum Gasteiger partial charge on any atom is -0.346 e. The van der Waals surface area contributed by atoms with E-state index >= 15 is 0 Å². The van der Waals surface area contributed by atoms with Gasteiger partial charge >= 0.3 is 0 Å². The van der Waals surface area contributed by atoms with E-state index in [9.17, 15) is 4.79 Å². The number of hydrogen-bond donors (Lipinski definition) is 0. The molecule has 0 aromatic heterocycles. The molecule has 4 aliphatic rings. The second-order valence-corrected chi connectivity index (χ2v) is 5.54. The van der Waals surface area contributed by atoms with Crippen LogP contribution in [-0.2, 0) is 14.3 Å². The monoisotopic (exact) mass is 272 g/mol. The van der Waals surface area contributed by atoms with Gasteiger partial charge in [-0.05, 0) is 11.8 Å². The average Bonchev–Trinajstić information content (AvgIpc) is 2.60. The second-order valence-electron chi connectivity index (χ2n) is 4.62. The summed E-state index contributed by atoms with van der Waals surface area (Å²) in [5.41, 5.74) is 0. The Labute approximate surface area is 96.9 Å². The van der Waals surface area contributed by atoms with E-state index in [1.807, 2.05) is 6.08 Å². The van der Waals surface area contributed by atoms with Crippen molar-refractivity contribution in [1.29, 1.82) is 0 Å². The highest BCUT2D eigenvalue weighted by molar-refractivity contribution is 9.11. The molecule has 0 spiro atoms. The van der Waals surface area contributed by atoms with Crippen molar-refractivity contribution in [2.75, 3.05) is 13.7 Å². The number of halogens is 1. The van der Waals surface area contributed by atoms with Crippen LogP contribution >= 0.6 is 15.9 Å². The van der Waals surface area contributed by atoms with Gasteiger partial charge < -0.3 is 9.47 Å². The zero-order chi connectivity index (χ0) is 10.8. The lowest BCUT2D eigenvalue weighted by atomic mass is 9.61. The minimum atomic E-state index is -0.991. The number of allylic oxidation sites excluding steroid dienone is 1. The van der Waals surface area contributed by atoms with Gasteiger partial charge in [0.05, 0.1) is 12.5 Å². The third-order valence-electron chi connectivity index (χ3n) is 4.15. The predicted molar refractivity (Wildman–Crippen MR) is 57.3 cm³/mol. The first-order valence-corrected chi connectivity index (χ1v) is 6.01. The summed E-state index contributed by atoms with van der Waals surface area (Å²) >= 11 is 3.55. The third kappa shape index (κ3) is 0.959. The molecule has 15 heavy (non-hydrogen) atoms. The molecule has 82 valence electrons.